The van der Waals surface area contributed by atoms with Gasteiger partial charge in [-0.3, -0.25) is 0 Å². The Labute approximate surface area is 130 Å². The molecule has 0 amide bonds. The van der Waals surface area contributed by atoms with Crippen molar-refractivity contribution in [2.45, 2.75) is 6.92 Å². The van der Waals surface area contributed by atoms with E-state index >= 15 is 0 Å². The highest BCUT2D eigenvalue weighted by Crippen LogP contribution is 2.11. The van der Waals surface area contributed by atoms with Gasteiger partial charge >= 0.3 is 0 Å². The molecule has 0 spiro atoms. The van der Waals surface area contributed by atoms with Crippen LogP contribution in [-0.4, -0.2) is 4.98 Å². The molecule has 0 aliphatic heterocycles. The Morgan fingerprint density at radius 2 is 1.55 bits per heavy atom. The molecule has 0 aliphatic carbocycles. The van der Waals surface area contributed by atoms with Crippen molar-refractivity contribution in [1.29, 1.82) is 0 Å². The molecule has 0 saturated heterocycles. The summed E-state index contributed by atoms with van der Waals surface area (Å²) in [7, 11) is 0. The van der Waals surface area contributed by atoms with Crippen LogP contribution in [0.3, 0.4) is 0 Å². The molecule has 0 fully saturated rings. The summed E-state index contributed by atoms with van der Waals surface area (Å²) >= 11 is 0. The van der Waals surface area contributed by atoms with E-state index in [2.05, 4.69) is 41.3 Å². The molecule has 22 heavy (non-hydrogen) atoms. The SMILES string of the molecule is Cc1ccc(C#Cc2ccc([N-][n+]3ccccc3)nc2)cc1. The van der Waals surface area contributed by atoms with Gasteiger partial charge in [0.25, 0.3) is 0 Å². The lowest BCUT2D eigenvalue weighted by Crippen LogP contribution is -2.26. The van der Waals surface area contributed by atoms with E-state index < -0.39 is 0 Å². The van der Waals surface area contributed by atoms with E-state index in [4.69, 9.17) is 0 Å². The standard InChI is InChI=1S/C19H15N3/c1-16-5-7-17(8-6-16)9-10-18-11-12-19(20-15-18)21-22-13-3-2-4-14-22/h2-8,11-15H,1H3. The van der Waals surface area contributed by atoms with Gasteiger partial charge in [0.05, 0.1) is 0 Å². The first-order valence-electron chi connectivity index (χ1n) is 7.03. The van der Waals surface area contributed by atoms with Crippen molar-refractivity contribution in [3.05, 3.63) is 95.3 Å². The van der Waals surface area contributed by atoms with Crippen LogP contribution in [0.15, 0.2) is 73.2 Å². The molecule has 0 radical (unpaired) electrons. The number of aryl methyl sites for hydroxylation is 1. The quantitative estimate of drug-likeness (QED) is 0.523. The van der Waals surface area contributed by atoms with Crippen molar-refractivity contribution in [2.24, 2.45) is 0 Å². The summed E-state index contributed by atoms with van der Waals surface area (Å²) in [5.74, 6) is 6.89. The van der Waals surface area contributed by atoms with Crippen LogP contribution in [0.1, 0.15) is 16.7 Å². The minimum absolute atomic E-state index is 0.650. The van der Waals surface area contributed by atoms with Gasteiger partial charge in [-0.1, -0.05) is 47.9 Å². The maximum Gasteiger partial charge on any atom is 0.182 e. The molecular weight excluding hydrogens is 270 g/mol. The summed E-state index contributed by atoms with van der Waals surface area (Å²) in [5.41, 5.74) is 7.47. The Balaban J connectivity index is 1.71. The lowest BCUT2D eigenvalue weighted by Gasteiger charge is -2.07. The average Bonchev–Trinajstić information content (AvgIpc) is 2.57. The highest BCUT2D eigenvalue weighted by Gasteiger charge is 1.93. The monoisotopic (exact) mass is 285 g/mol. The molecular formula is C19H15N3. The lowest BCUT2D eigenvalue weighted by molar-refractivity contribution is -0.619. The van der Waals surface area contributed by atoms with Crippen LogP contribution in [0.4, 0.5) is 5.82 Å². The summed E-state index contributed by atoms with van der Waals surface area (Å²) in [6.07, 6.45) is 5.48. The van der Waals surface area contributed by atoms with E-state index in [1.807, 2.05) is 54.9 Å². The molecule has 3 heteroatoms. The number of hydrogen-bond donors (Lipinski definition) is 0. The zero-order valence-corrected chi connectivity index (χ0v) is 12.3. The van der Waals surface area contributed by atoms with Gasteiger partial charge in [-0.2, -0.15) is 10.1 Å². The van der Waals surface area contributed by atoms with Gasteiger partial charge in [0.15, 0.2) is 12.4 Å². The van der Waals surface area contributed by atoms with E-state index in [1.165, 1.54) is 5.56 Å². The average molecular weight is 285 g/mol. The second kappa shape index (κ2) is 6.55. The Morgan fingerprint density at radius 1 is 0.864 bits per heavy atom. The van der Waals surface area contributed by atoms with Crippen LogP contribution in [0.2, 0.25) is 0 Å². The van der Waals surface area contributed by atoms with Crippen LogP contribution in [0.5, 0.6) is 0 Å². The number of pyridine rings is 2. The minimum atomic E-state index is 0.650. The summed E-state index contributed by atoms with van der Waals surface area (Å²) in [4.78, 5) is 4.31. The molecule has 3 aromatic rings. The van der Waals surface area contributed by atoms with Crippen LogP contribution >= 0.6 is 0 Å². The first kappa shape index (κ1) is 13.8. The fraction of sp³-hybridized carbons (Fsp3) is 0.0526. The number of benzene rings is 1. The third kappa shape index (κ3) is 3.71. The number of nitrogens with zero attached hydrogens (tertiary/aromatic N) is 3. The van der Waals surface area contributed by atoms with Crippen molar-refractivity contribution in [2.75, 3.05) is 0 Å². The van der Waals surface area contributed by atoms with Crippen molar-refractivity contribution in [1.82, 2.24) is 4.98 Å². The third-order valence-corrected chi connectivity index (χ3v) is 3.07. The Morgan fingerprint density at radius 3 is 2.23 bits per heavy atom. The van der Waals surface area contributed by atoms with E-state index in [9.17, 15) is 0 Å². The van der Waals surface area contributed by atoms with Crippen molar-refractivity contribution < 1.29 is 4.68 Å². The van der Waals surface area contributed by atoms with E-state index in [0.29, 0.717) is 5.82 Å². The maximum absolute atomic E-state index is 4.37. The van der Waals surface area contributed by atoms with Crippen LogP contribution in [-0.2, 0) is 0 Å². The largest absolute Gasteiger partial charge is 0.437 e. The molecule has 106 valence electrons. The Bertz CT molecular complexity index is 795. The fourth-order valence-electron chi connectivity index (χ4n) is 1.87. The molecule has 0 atom stereocenters. The summed E-state index contributed by atoms with van der Waals surface area (Å²) in [6.45, 7) is 2.06. The van der Waals surface area contributed by atoms with E-state index in [1.54, 1.807) is 10.9 Å². The van der Waals surface area contributed by atoms with E-state index in [-0.39, 0.29) is 0 Å². The van der Waals surface area contributed by atoms with Gasteiger partial charge in [0.2, 0.25) is 0 Å². The zero-order chi connectivity index (χ0) is 15.2. The summed E-state index contributed by atoms with van der Waals surface area (Å²) in [5, 5.41) is 0. The van der Waals surface area contributed by atoms with Crippen molar-refractivity contribution in [3.63, 3.8) is 0 Å². The maximum atomic E-state index is 4.37. The van der Waals surface area contributed by atoms with Gasteiger partial charge < -0.3 is 4.98 Å². The van der Waals surface area contributed by atoms with Crippen molar-refractivity contribution >= 4 is 5.82 Å². The molecule has 2 aromatic heterocycles. The summed E-state index contributed by atoms with van der Waals surface area (Å²) < 4.78 is 1.72. The first-order valence-corrected chi connectivity index (χ1v) is 7.03. The molecule has 1 aromatic carbocycles. The highest BCUT2D eigenvalue weighted by atomic mass is 15.4. The smallest absolute Gasteiger partial charge is 0.182 e. The van der Waals surface area contributed by atoms with Gasteiger partial charge in [0.1, 0.15) is 0 Å². The highest BCUT2D eigenvalue weighted by molar-refractivity contribution is 5.45. The molecule has 0 N–H and O–H groups in total. The van der Waals surface area contributed by atoms with Crippen LogP contribution in [0, 0.1) is 18.8 Å². The molecule has 0 unspecified atom stereocenters. The van der Waals surface area contributed by atoms with Gasteiger partial charge in [-0.05, 0) is 25.1 Å². The van der Waals surface area contributed by atoms with Gasteiger partial charge in [0, 0.05) is 29.1 Å². The second-order valence-corrected chi connectivity index (χ2v) is 4.88. The Kier molecular flexibility index (Phi) is 4.12. The molecule has 0 bridgehead atoms. The predicted octanol–water partition coefficient (Wildman–Crippen LogP) is 3.55. The lowest BCUT2D eigenvalue weighted by atomic mass is 10.1. The topological polar surface area (TPSA) is 30.9 Å². The molecule has 3 nitrogen and oxygen atoms in total. The zero-order valence-electron chi connectivity index (χ0n) is 12.3. The Hall–Kier alpha value is -3.12. The number of hydrogen-bond acceptors (Lipinski definition) is 1. The number of aromatic nitrogens is 2. The van der Waals surface area contributed by atoms with Gasteiger partial charge in [-0.25, -0.2) is 0 Å². The first-order chi connectivity index (χ1) is 10.8. The normalized spacial score (nSPS) is 9.68. The fourth-order valence-corrected chi connectivity index (χ4v) is 1.87. The predicted molar refractivity (Wildman–Crippen MR) is 86.5 cm³/mol. The van der Waals surface area contributed by atoms with Crippen LogP contribution < -0.4 is 4.68 Å². The minimum Gasteiger partial charge on any atom is -0.437 e. The molecule has 0 aliphatic rings. The third-order valence-electron chi connectivity index (χ3n) is 3.07. The second-order valence-electron chi connectivity index (χ2n) is 4.88. The molecule has 0 saturated carbocycles. The molecule has 2 heterocycles. The summed E-state index contributed by atoms with van der Waals surface area (Å²) in [6, 6.07) is 17.7. The van der Waals surface area contributed by atoms with Crippen molar-refractivity contribution in [3.8, 4) is 11.8 Å². The van der Waals surface area contributed by atoms with Crippen LogP contribution in [0.25, 0.3) is 5.43 Å². The number of rotatable bonds is 2. The van der Waals surface area contributed by atoms with E-state index in [0.717, 1.165) is 11.1 Å². The van der Waals surface area contributed by atoms with Gasteiger partial charge in [-0.15, -0.1) is 0 Å². The molecule has 3 rings (SSSR count).